The summed E-state index contributed by atoms with van der Waals surface area (Å²) in [6.07, 6.45) is 3.33. The van der Waals surface area contributed by atoms with Gasteiger partial charge in [0.25, 0.3) is 5.91 Å². The van der Waals surface area contributed by atoms with E-state index in [4.69, 9.17) is 0 Å². The molecule has 1 amide bonds. The number of benzene rings is 1. The Morgan fingerprint density at radius 2 is 1.74 bits per heavy atom. The molecule has 5 nitrogen and oxygen atoms in total. The predicted molar refractivity (Wildman–Crippen MR) is 88.5 cm³/mol. The molecule has 0 fully saturated rings. The lowest BCUT2D eigenvalue weighted by atomic mass is 9.92. The third kappa shape index (κ3) is 4.07. The summed E-state index contributed by atoms with van der Waals surface area (Å²) in [5.41, 5.74) is 0.598. The maximum Gasteiger partial charge on any atom is 0.251 e. The van der Waals surface area contributed by atoms with E-state index in [0.29, 0.717) is 16.7 Å². The van der Waals surface area contributed by atoms with E-state index in [1.807, 2.05) is 13.8 Å². The van der Waals surface area contributed by atoms with Crippen molar-refractivity contribution in [1.29, 1.82) is 0 Å². The van der Waals surface area contributed by atoms with Crippen LogP contribution < -0.4 is 5.32 Å². The number of ketones is 1. The van der Waals surface area contributed by atoms with Crippen molar-refractivity contribution in [2.45, 2.75) is 26.4 Å². The van der Waals surface area contributed by atoms with E-state index in [0.717, 1.165) is 0 Å². The predicted octanol–water partition coefficient (Wildman–Crippen LogP) is 2.38. The molecule has 122 valence electrons. The zero-order valence-electron chi connectivity index (χ0n) is 13.6. The molecule has 0 saturated heterocycles. The van der Waals surface area contributed by atoms with E-state index < -0.39 is 5.60 Å². The van der Waals surface area contributed by atoms with Crippen LogP contribution in [0.1, 0.15) is 47.1 Å². The number of H-pyrrole nitrogens is 1. The molecule has 3 N–H and O–H groups in total. The van der Waals surface area contributed by atoms with Crippen molar-refractivity contribution in [3.8, 4) is 0 Å². The third-order valence-electron chi connectivity index (χ3n) is 4.12. The molecule has 0 radical (unpaired) electrons. The minimum Gasteiger partial charge on any atom is -0.388 e. The number of carbonyl (C=O) groups is 2. The molecule has 0 aliphatic rings. The van der Waals surface area contributed by atoms with Gasteiger partial charge in [0.1, 0.15) is 0 Å². The Hall–Kier alpha value is -2.40. The van der Waals surface area contributed by atoms with Crippen LogP contribution in [0.2, 0.25) is 0 Å². The fraction of sp³-hybridized carbons (Fsp3) is 0.333. The van der Waals surface area contributed by atoms with Crippen LogP contribution in [0.5, 0.6) is 0 Å². The Morgan fingerprint density at radius 1 is 1.13 bits per heavy atom. The van der Waals surface area contributed by atoms with E-state index in [-0.39, 0.29) is 24.2 Å². The number of aromatic amines is 1. The quantitative estimate of drug-likeness (QED) is 0.716. The van der Waals surface area contributed by atoms with Gasteiger partial charge in [-0.25, -0.2) is 0 Å². The summed E-state index contributed by atoms with van der Waals surface area (Å²) < 4.78 is 0. The molecule has 2 rings (SSSR count). The first-order chi connectivity index (χ1) is 10.8. The number of nitrogens with one attached hydrogen (secondary N) is 2. The number of carbonyl (C=O) groups excluding carboxylic acids is 2. The average molecular weight is 314 g/mol. The van der Waals surface area contributed by atoms with Crippen molar-refractivity contribution < 1.29 is 14.7 Å². The second-order valence-electron chi connectivity index (χ2n) is 6.20. The highest BCUT2D eigenvalue weighted by atomic mass is 16.3. The van der Waals surface area contributed by atoms with E-state index in [9.17, 15) is 14.7 Å². The number of hydrogen-bond donors (Lipinski definition) is 3. The second kappa shape index (κ2) is 6.79. The van der Waals surface area contributed by atoms with Crippen LogP contribution in [0.25, 0.3) is 0 Å². The van der Waals surface area contributed by atoms with Gasteiger partial charge in [0.2, 0.25) is 0 Å². The Bertz CT molecular complexity index is 671. The number of aliphatic hydroxyl groups is 1. The molecule has 1 aromatic heterocycles. The molecule has 1 atom stereocenters. The molecule has 0 bridgehead atoms. The smallest absolute Gasteiger partial charge is 0.251 e. The van der Waals surface area contributed by atoms with Gasteiger partial charge < -0.3 is 15.4 Å². The van der Waals surface area contributed by atoms with Crippen molar-refractivity contribution in [3.63, 3.8) is 0 Å². The summed E-state index contributed by atoms with van der Waals surface area (Å²) in [6, 6.07) is 8.19. The SMILES string of the molecule is CC(C)C(C)(O)CNC(=O)c1ccc(C(=O)c2cc[nH]c2)cc1. The Morgan fingerprint density at radius 3 is 2.26 bits per heavy atom. The Balaban J connectivity index is 2.02. The van der Waals surface area contributed by atoms with E-state index in [1.54, 1.807) is 49.6 Å². The molecule has 1 aromatic carbocycles. The van der Waals surface area contributed by atoms with Gasteiger partial charge in [-0.15, -0.1) is 0 Å². The lowest BCUT2D eigenvalue weighted by molar-refractivity contribution is 0.0142. The molecule has 0 saturated carbocycles. The van der Waals surface area contributed by atoms with Crippen molar-refractivity contribution in [3.05, 3.63) is 59.4 Å². The van der Waals surface area contributed by atoms with E-state index in [1.165, 1.54) is 0 Å². The highest BCUT2D eigenvalue weighted by Gasteiger charge is 2.25. The molecule has 2 aromatic rings. The zero-order chi connectivity index (χ0) is 17.0. The summed E-state index contributed by atoms with van der Waals surface area (Å²) in [5, 5.41) is 12.9. The second-order valence-corrected chi connectivity index (χ2v) is 6.20. The van der Waals surface area contributed by atoms with Crippen LogP contribution in [0.3, 0.4) is 0 Å². The molecular formula is C18H22N2O3. The summed E-state index contributed by atoms with van der Waals surface area (Å²) in [6.45, 7) is 5.66. The zero-order valence-corrected chi connectivity index (χ0v) is 13.6. The van der Waals surface area contributed by atoms with Gasteiger partial charge in [-0.2, -0.15) is 0 Å². The van der Waals surface area contributed by atoms with Crippen LogP contribution >= 0.6 is 0 Å². The van der Waals surface area contributed by atoms with Gasteiger partial charge in [-0.1, -0.05) is 26.0 Å². The monoisotopic (exact) mass is 314 g/mol. The minimum absolute atomic E-state index is 0.0316. The van der Waals surface area contributed by atoms with Crippen molar-refractivity contribution in [2.24, 2.45) is 5.92 Å². The lowest BCUT2D eigenvalue weighted by Gasteiger charge is -2.27. The maximum atomic E-state index is 12.2. The number of rotatable bonds is 6. The molecule has 0 aliphatic carbocycles. The van der Waals surface area contributed by atoms with Crippen LogP contribution in [0.15, 0.2) is 42.7 Å². The molecule has 1 heterocycles. The highest BCUT2D eigenvalue weighted by Crippen LogP contribution is 2.15. The fourth-order valence-corrected chi connectivity index (χ4v) is 1.97. The van der Waals surface area contributed by atoms with Crippen LogP contribution in [0.4, 0.5) is 0 Å². The molecule has 0 aliphatic heterocycles. The maximum absolute atomic E-state index is 12.2. The fourth-order valence-electron chi connectivity index (χ4n) is 1.97. The molecule has 1 unspecified atom stereocenters. The van der Waals surface area contributed by atoms with E-state index in [2.05, 4.69) is 10.3 Å². The topological polar surface area (TPSA) is 82.2 Å². The highest BCUT2D eigenvalue weighted by molar-refractivity contribution is 6.09. The van der Waals surface area contributed by atoms with Gasteiger partial charge in [-0.3, -0.25) is 9.59 Å². The Labute approximate surface area is 135 Å². The van der Waals surface area contributed by atoms with Gasteiger partial charge in [-0.05, 0) is 31.0 Å². The summed E-state index contributed by atoms with van der Waals surface area (Å²) in [4.78, 5) is 27.1. The minimum atomic E-state index is -0.958. The first kappa shape index (κ1) is 17.0. The van der Waals surface area contributed by atoms with E-state index >= 15 is 0 Å². The van der Waals surface area contributed by atoms with Crippen molar-refractivity contribution >= 4 is 11.7 Å². The van der Waals surface area contributed by atoms with Crippen LogP contribution in [-0.4, -0.2) is 33.9 Å². The van der Waals surface area contributed by atoms with Gasteiger partial charge in [0.05, 0.1) is 5.60 Å². The van der Waals surface area contributed by atoms with Crippen LogP contribution in [0, 0.1) is 5.92 Å². The van der Waals surface area contributed by atoms with Gasteiger partial charge in [0.15, 0.2) is 5.78 Å². The summed E-state index contributed by atoms with van der Waals surface area (Å²) in [7, 11) is 0. The van der Waals surface area contributed by atoms with Crippen molar-refractivity contribution in [1.82, 2.24) is 10.3 Å². The average Bonchev–Trinajstić information content (AvgIpc) is 3.06. The third-order valence-corrected chi connectivity index (χ3v) is 4.12. The van der Waals surface area contributed by atoms with Gasteiger partial charge >= 0.3 is 0 Å². The standard InChI is InChI=1S/C18H22N2O3/c1-12(2)18(3,23)11-20-17(22)14-6-4-13(5-7-14)16(21)15-8-9-19-10-15/h4-10,12,19,23H,11H2,1-3H3,(H,20,22). The van der Waals surface area contributed by atoms with Crippen molar-refractivity contribution in [2.75, 3.05) is 6.54 Å². The number of hydrogen-bond acceptors (Lipinski definition) is 3. The first-order valence-corrected chi connectivity index (χ1v) is 7.59. The number of amides is 1. The summed E-state index contributed by atoms with van der Waals surface area (Å²) >= 11 is 0. The lowest BCUT2D eigenvalue weighted by Crippen LogP contribution is -2.44. The molecular weight excluding hydrogens is 292 g/mol. The number of aromatic nitrogens is 1. The van der Waals surface area contributed by atoms with Crippen LogP contribution in [-0.2, 0) is 0 Å². The molecule has 0 spiro atoms. The Kier molecular flexibility index (Phi) is 5.01. The normalized spacial score (nSPS) is 13.6. The summed E-state index contributed by atoms with van der Waals surface area (Å²) in [5.74, 6) is -0.336. The largest absolute Gasteiger partial charge is 0.388 e. The molecule has 5 heteroatoms. The van der Waals surface area contributed by atoms with Gasteiger partial charge in [0, 0.05) is 35.6 Å². The molecule has 23 heavy (non-hydrogen) atoms. The first-order valence-electron chi connectivity index (χ1n) is 7.59.